The molecule has 0 saturated carbocycles. The highest BCUT2D eigenvalue weighted by atomic mass is 32.2. The SMILES string of the molecule is COC(=O)CCCS(=O)(=O)N1CCCCC1CCO. The molecular weight excluding hydrogens is 270 g/mol. The number of ether oxygens (including phenoxy) is 1. The van der Waals surface area contributed by atoms with Crippen molar-refractivity contribution in [3.05, 3.63) is 0 Å². The predicted molar refractivity (Wildman–Crippen MR) is 71.1 cm³/mol. The van der Waals surface area contributed by atoms with E-state index in [4.69, 9.17) is 5.11 Å². The minimum Gasteiger partial charge on any atom is -0.469 e. The van der Waals surface area contributed by atoms with Crippen LogP contribution in [0.4, 0.5) is 0 Å². The van der Waals surface area contributed by atoms with Crippen LogP contribution in [0.3, 0.4) is 0 Å². The Morgan fingerprint density at radius 3 is 2.79 bits per heavy atom. The van der Waals surface area contributed by atoms with E-state index < -0.39 is 10.0 Å². The van der Waals surface area contributed by atoms with E-state index in [1.54, 1.807) is 0 Å². The van der Waals surface area contributed by atoms with Crippen molar-refractivity contribution in [1.82, 2.24) is 4.31 Å². The summed E-state index contributed by atoms with van der Waals surface area (Å²) in [6, 6.07) is -0.0955. The van der Waals surface area contributed by atoms with E-state index in [-0.39, 0.29) is 37.2 Å². The molecule has 1 saturated heterocycles. The summed E-state index contributed by atoms with van der Waals surface area (Å²) in [5.41, 5.74) is 0. The summed E-state index contributed by atoms with van der Waals surface area (Å²) in [5.74, 6) is -0.426. The fourth-order valence-corrected chi connectivity index (χ4v) is 4.21. The molecule has 19 heavy (non-hydrogen) atoms. The molecule has 0 aromatic carbocycles. The van der Waals surface area contributed by atoms with Gasteiger partial charge in [0.05, 0.1) is 12.9 Å². The first-order chi connectivity index (χ1) is 9.01. The molecule has 0 bridgehead atoms. The molecule has 6 nitrogen and oxygen atoms in total. The van der Waals surface area contributed by atoms with Gasteiger partial charge in [0.2, 0.25) is 10.0 Å². The number of rotatable bonds is 7. The number of carbonyl (C=O) groups is 1. The maximum Gasteiger partial charge on any atom is 0.305 e. The van der Waals surface area contributed by atoms with Gasteiger partial charge in [0.25, 0.3) is 0 Å². The smallest absolute Gasteiger partial charge is 0.305 e. The van der Waals surface area contributed by atoms with E-state index in [2.05, 4.69) is 4.74 Å². The Hall–Kier alpha value is -0.660. The first kappa shape index (κ1) is 16.4. The molecule has 1 aliphatic heterocycles. The summed E-state index contributed by atoms with van der Waals surface area (Å²) in [6.07, 6.45) is 3.54. The van der Waals surface area contributed by atoms with Crippen molar-refractivity contribution < 1.29 is 23.1 Å². The molecule has 1 N–H and O–H groups in total. The third-order valence-electron chi connectivity index (χ3n) is 3.40. The number of hydrogen-bond acceptors (Lipinski definition) is 5. The van der Waals surface area contributed by atoms with Gasteiger partial charge in [0.1, 0.15) is 0 Å². The van der Waals surface area contributed by atoms with E-state index in [0.29, 0.717) is 13.0 Å². The average Bonchev–Trinajstić information content (AvgIpc) is 2.39. The summed E-state index contributed by atoms with van der Waals surface area (Å²) in [5, 5.41) is 9.00. The largest absolute Gasteiger partial charge is 0.469 e. The number of piperidine rings is 1. The van der Waals surface area contributed by atoms with Gasteiger partial charge in [-0.15, -0.1) is 0 Å². The molecule has 1 atom stereocenters. The number of esters is 1. The quantitative estimate of drug-likeness (QED) is 0.691. The molecule has 1 aliphatic rings. The van der Waals surface area contributed by atoms with Crippen LogP contribution in [0.5, 0.6) is 0 Å². The first-order valence-corrected chi connectivity index (χ1v) is 8.29. The van der Waals surface area contributed by atoms with Crippen molar-refractivity contribution in [2.24, 2.45) is 0 Å². The van der Waals surface area contributed by atoms with Crippen LogP contribution < -0.4 is 0 Å². The monoisotopic (exact) mass is 293 g/mol. The topological polar surface area (TPSA) is 83.9 Å². The predicted octanol–water partition coefficient (Wildman–Crippen LogP) is 0.506. The molecule has 112 valence electrons. The molecule has 0 radical (unpaired) electrons. The standard InChI is InChI=1S/C12H23NO5S/c1-18-12(15)6-4-10-19(16,17)13-8-3-2-5-11(13)7-9-14/h11,14H,2-10H2,1H3. The highest BCUT2D eigenvalue weighted by Crippen LogP contribution is 2.23. The lowest BCUT2D eigenvalue weighted by atomic mass is 10.0. The number of aliphatic hydroxyl groups is 1. The molecular formula is C12H23NO5S. The van der Waals surface area contributed by atoms with Crippen molar-refractivity contribution in [2.45, 2.75) is 44.6 Å². The molecule has 0 aromatic rings. The van der Waals surface area contributed by atoms with Gasteiger partial charge in [-0.05, 0) is 25.7 Å². The van der Waals surface area contributed by atoms with E-state index in [9.17, 15) is 13.2 Å². The zero-order valence-electron chi connectivity index (χ0n) is 11.4. The molecule has 0 amide bonds. The second-order valence-corrected chi connectivity index (χ2v) is 6.81. The first-order valence-electron chi connectivity index (χ1n) is 6.68. The van der Waals surface area contributed by atoms with Crippen LogP contribution in [0.25, 0.3) is 0 Å². The summed E-state index contributed by atoms with van der Waals surface area (Å²) in [6.45, 7) is 0.518. The lowest BCUT2D eigenvalue weighted by molar-refractivity contribution is -0.140. The Bertz CT molecular complexity index is 380. The van der Waals surface area contributed by atoms with Crippen LogP contribution in [0.1, 0.15) is 38.5 Å². The normalized spacial score (nSPS) is 21.3. The van der Waals surface area contributed by atoms with Crippen molar-refractivity contribution in [1.29, 1.82) is 0 Å². The van der Waals surface area contributed by atoms with E-state index in [1.807, 2.05) is 0 Å². The molecule has 1 unspecified atom stereocenters. The van der Waals surface area contributed by atoms with Crippen LogP contribution in [0.15, 0.2) is 0 Å². The van der Waals surface area contributed by atoms with Gasteiger partial charge in [0.15, 0.2) is 0 Å². The van der Waals surface area contributed by atoms with Crippen LogP contribution in [0, 0.1) is 0 Å². The number of sulfonamides is 1. The lowest BCUT2D eigenvalue weighted by Crippen LogP contribution is -2.45. The molecule has 1 heterocycles. The van der Waals surface area contributed by atoms with Crippen molar-refractivity contribution in [3.63, 3.8) is 0 Å². The van der Waals surface area contributed by atoms with Crippen molar-refractivity contribution in [2.75, 3.05) is 26.0 Å². The van der Waals surface area contributed by atoms with E-state index in [0.717, 1.165) is 19.3 Å². The summed E-state index contributed by atoms with van der Waals surface area (Å²) in [7, 11) is -2.05. The zero-order chi connectivity index (χ0) is 14.3. The Balaban J connectivity index is 2.55. The Morgan fingerprint density at radius 1 is 1.42 bits per heavy atom. The molecule has 0 aliphatic carbocycles. The summed E-state index contributed by atoms with van der Waals surface area (Å²) in [4.78, 5) is 11.0. The molecule has 1 fully saturated rings. The third kappa shape index (κ3) is 5.08. The van der Waals surface area contributed by atoms with Crippen LogP contribution >= 0.6 is 0 Å². The Kier molecular flexibility index (Phi) is 6.74. The Morgan fingerprint density at radius 2 is 2.16 bits per heavy atom. The van der Waals surface area contributed by atoms with Gasteiger partial charge >= 0.3 is 5.97 Å². The molecule has 7 heteroatoms. The number of hydrogen-bond donors (Lipinski definition) is 1. The van der Waals surface area contributed by atoms with Gasteiger partial charge < -0.3 is 9.84 Å². The van der Waals surface area contributed by atoms with Crippen LogP contribution in [-0.2, 0) is 19.6 Å². The van der Waals surface area contributed by atoms with Crippen LogP contribution in [0.2, 0.25) is 0 Å². The highest BCUT2D eigenvalue weighted by molar-refractivity contribution is 7.89. The zero-order valence-corrected chi connectivity index (χ0v) is 12.2. The van der Waals surface area contributed by atoms with Gasteiger partial charge in [-0.2, -0.15) is 4.31 Å². The van der Waals surface area contributed by atoms with Crippen molar-refractivity contribution >= 4 is 16.0 Å². The lowest BCUT2D eigenvalue weighted by Gasteiger charge is -2.34. The van der Waals surface area contributed by atoms with Crippen LogP contribution in [-0.4, -0.2) is 55.9 Å². The number of nitrogens with zero attached hydrogens (tertiary/aromatic N) is 1. The maximum atomic E-state index is 12.2. The van der Waals surface area contributed by atoms with E-state index >= 15 is 0 Å². The summed E-state index contributed by atoms with van der Waals surface area (Å²) >= 11 is 0. The number of methoxy groups -OCH3 is 1. The number of carbonyl (C=O) groups excluding carboxylic acids is 1. The average molecular weight is 293 g/mol. The Labute approximate surface area is 114 Å². The van der Waals surface area contributed by atoms with Gasteiger partial charge in [0, 0.05) is 25.6 Å². The summed E-state index contributed by atoms with van der Waals surface area (Å²) < 4.78 is 30.5. The molecule has 0 aromatic heterocycles. The van der Waals surface area contributed by atoms with Crippen molar-refractivity contribution in [3.8, 4) is 0 Å². The van der Waals surface area contributed by atoms with Gasteiger partial charge in [-0.3, -0.25) is 4.79 Å². The van der Waals surface area contributed by atoms with E-state index in [1.165, 1.54) is 11.4 Å². The molecule has 1 rings (SSSR count). The minimum absolute atomic E-state index is 0.00114. The van der Waals surface area contributed by atoms with Gasteiger partial charge in [-0.25, -0.2) is 8.42 Å². The molecule has 0 spiro atoms. The second kappa shape index (κ2) is 7.81. The third-order valence-corrected chi connectivity index (χ3v) is 5.40. The minimum atomic E-state index is -3.34. The highest BCUT2D eigenvalue weighted by Gasteiger charge is 2.31. The fraction of sp³-hybridized carbons (Fsp3) is 0.917. The second-order valence-electron chi connectivity index (χ2n) is 4.77. The fourth-order valence-electron chi connectivity index (χ4n) is 2.40. The van der Waals surface area contributed by atoms with Gasteiger partial charge in [-0.1, -0.05) is 6.42 Å². The number of aliphatic hydroxyl groups excluding tert-OH is 1. The maximum absolute atomic E-state index is 12.2.